The molecule has 0 saturated carbocycles. The van der Waals surface area contributed by atoms with Gasteiger partial charge < -0.3 is 45.4 Å². The van der Waals surface area contributed by atoms with Crippen LogP contribution in [0.4, 0.5) is 0 Å². The van der Waals surface area contributed by atoms with Gasteiger partial charge in [-0.15, -0.1) is 0 Å². The number of allylic oxidation sites excluding steroid dienone is 4. The standard InChI is InChI=1S/C43H79NO9/c1-4-6-8-10-12-13-14-15-16-17-18-20-22-26-31-37(47)42(51)44-35(33-52-43-41(50)40(49)39(48)38(32-45)53-43)36(46)30-27-23-25-29-34(3)28-24-21-19-11-9-7-5-2/h26-27,29-31,35-41,43,45-50H,4-25,28,32-33H2,1-3H3,(H,44,51)/b30-27+,31-26+,34-29+. The van der Waals surface area contributed by atoms with Gasteiger partial charge in [-0.2, -0.15) is 0 Å². The Morgan fingerprint density at radius 1 is 0.698 bits per heavy atom. The summed E-state index contributed by atoms with van der Waals surface area (Å²) in [7, 11) is 0. The van der Waals surface area contributed by atoms with E-state index in [-0.39, 0.29) is 6.61 Å². The molecule has 1 rings (SSSR count). The lowest BCUT2D eigenvalue weighted by Gasteiger charge is -2.40. The molecule has 0 spiro atoms. The molecule has 10 heteroatoms. The van der Waals surface area contributed by atoms with Gasteiger partial charge in [0, 0.05) is 0 Å². The highest BCUT2D eigenvalue weighted by Gasteiger charge is 2.44. The van der Waals surface area contributed by atoms with Crippen LogP contribution >= 0.6 is 0 Å². The van der Waals surface area contributed by atoms with Gasteiger partial charge in [-0.05, 0) is 45.4 Å². The molecular formula is C43H79NO9. The van der Waals surface area contributed by atoms with Crippen LogP contribution in [0.3, 0.4) is 0 Å². The molecule has 1 aliphatic rings. The van der Waals surface area contributed by atoms with Gasteiger partial charge in [-0.25, -0.2) is 0 Å². The Kier molecular flexibility index (Phi) is 30.4. The lowest BCUT2D eigenvalue weighted by atomic mass is 9.99. The second kappa shape index (κ2) is 32.6. The Labute approximate surface area is 322 Å². The number of hydrogen-bond acceptors (Lipinski definition) is 9. The van der Waals surface area contributed by atoms with E-state index in [1.54, 1.807) is 12.2 Å². The summed E-state index contributed by atoms with van der Waals surface area (Å²) in [6, 6.07) is -1.03. The van der Waals surface area contributed by atoms with Gasteiger partial charge in [-0.1, -0.05) is 159 Å². The minimum absolute atomic E-state index is 0.341. The molecule has 7 N–H and O–H groups in total. The highest BCUT2D eigenvalue weighted by Crippen LogP contribution is 2.22. The monoisotopic (exact) mass is 754 g/mol. The first kappa shape index (κ1) is 49.4. The number of aliphatic hydroxyl groups is 6. The number of rotatable bonds is 33. The highest BCUT2D eigenvalue weighted by molar-refractivity contribution is 5.82. The molecule has 0 aromatic rings. The van der Waals surface area contributed by atoms with Crippen LogP contribution < -0.4 is 5.32 Å². The van der Waals surface area contributed by atoms with E-state index in [2.05, 4.69) is 32.2 Å². The van der Waals surface area contributed by atoms with Crippen LogP contribution in [0, 0.1) is 0 Å². The number of ether oxygens (including phenoxy) is 2. The predicted molar refractivity (Wildman–Crippen MR) is 213 cm³/mol. The van der Waals surface area contributed by atoms with E-state index in [0.29, 0.717) is 6.42 Å². The average Bonchev–Trinajstić information content (AvgIpc) is 3.15. The summed E-state index contributed by atoms with van der Waals surface area (Å²) in [5.74, 6) is -0.713. The zero-order chi connectivity index (χ0) is 39.1. The summed E-state index contributed by atoms with van der Waals surface area (Å²) in [5, 5.41) is 64.4. The molecule has 10 nitrogen and oxygen atoms in total. The number of hydrogen-bond donors (Lipinski definition) is 7. The van der Waals surface area contributed by atoms with Crippen molar-refractivity contribution in [2.45, 2.75) is 217 Å². The van der Waals surface area contributed by atoms with Crippen molar-refractivity contribution < 1.29 is 44.9 Å². The molecule has 53 heavy (non-hydrogen) atoms. The maximum absolute atomic E-state index is 13.0. The van der Waals surface area contributed by atoms with Gasteiger partial charge in [0.25, 0.3) is 5.91 Å². The van der Waals surface area contributed by atoms with E-state index in [1.165, 1.54) is 121 Å². The zero-order valence-electron chi connectivity index (χ0n) is 33.6. The third kappa shape index (κ3) is 23.8. The van der Waals surface area contributed by atoms with Crippen LogP contribution in [0.2, 0.25) is 0 Å². The zero-order valence-corrected chi connectivity index (χ0v) is 33.6. The van der Waals surface area contributed by atoms with E-state index in [0.717, 1.165) is 32.1 Å². The van der Waals surface area contributed by atoms with Crippen LogP contribution in [0.5, 0.6) is 0 Å². The van der Waals surface area contributed by atoms with Crippen molar-refractivity contribution in [3.05, 3.63) is 36.0 Å². The summed E-state index contributed by atoms with van der Waals surface area (Å²) in [5.41, 5.74) is 1.35. The molecule has 8 unspecified atom stereocenters. The van der Waals surface area contributed by atoms with Crippen LogP contribution in [-0.2, 0) is 14.3 Å². The molecule has 0 bridgehead atoms. The van der Waals surface area contributed by atoms with E-state index >= 15 is 0 Å². The van der Waals surface area contributed by atoms with Crippen molar-refractivity contribution in [1.82, 2.24) is 5.32 Å². The Balaban J connectivity index is 2.59. The summed E-state index contributed by atoms with van der Waals surface area (Å²) < 4.78 is 11.1. The van der Waals surface area contributed by atoms with Gasteiger partial charge in [-0.3, -0.25) is 4.79 Å². The number of nitrogens with one attached hydrogen (secondary N) is 1. The third-order valence-corrected chi connectivity index (χ3v) is 10.2. The number of carbonyl (C=O) groups excluding carboxylic acids is 1. The smallest absolute Gasteiger partial charge is 0.253 e. The van der Waals surface area contributed by atoms with Crippen molar-refractivity contribution >= 4 is 5.91 Å². The molecule has 1 amide bonds. The van der Waals surface area contributed by atoms with Crippen molar-refractivity contribution in [3.63, 3.8) is 0 Å². The fourth-order valence-corrected chi connectivity index (χ4v) is 6.57. The highest BCUT2D eigenvalue weighted by atomic mass is 16.7. The first-order valence-corrected chi connectivity index (χ1v) is 21.2. The largest absolute Gasteiger partial charge is 0.394 e. The summed E-state index contributed by atoms with van der Waals surface area (Å²) in [4.78, 5) is 13.0. The molecular weight excluding hydrogens is 674 g/mol. The molecule has 1 heterocycles. The molecule has 8 atom stereocenters. The van der Waals surface area contributed by atoms with Crippen LogP contribution in [0.25, 0.3) is 0 Å². The van der Waals surface area contributed by atoms with Crippen molar-refractivity contribution in [2.24, 2.45) is 0 Å². The fraction of sp³-hybridized carbons (Fsp3) is 0.837. The van der Waals surface area contributed by atoms with E-state index < -0.39 is 61.5 Å². The van der Waals surface area contributed by atoms with Crippen LogP contribution in [0.1, 0.15) is 168 Å². The molecule has 1 saturated heterocycles. The van der Waals surface area contributed by atoms with E-state index in [9.17, 15) is 35.4 Å². The molecule has 0 aromatic heterocycles. The SMILES string of the molecule is CCCCCCCCCCCCCC/C=C/C(O)C(=O)NC(COC1OC(CO)C(O)C(O)C1O)C(O)/C=C/CC/C=C(\C)CCCCCCCCC. The van der Waals surface area contributed by atoms with Crippen molar-refractivity contribution in [3.8, 4) is 0 Å². The summed E-state index contributed by atoms with van der Waals surface area (Å²) in [6.45, 7) is 5.67. The predicted octanol–water partition coefficient (Wildman–Crippen LogP) is 7.08. The molecule has 0 aromatic carbocycles. The second-order valence-electron chi connectivity index (χ2n) is 15.1. The van der Waals surface area contributed by atoms with Gasteiger partial charge in [0.2, 0.25) is 0 Å². The Morgan fingerprint density at radius 3 is 1.79 bits per heavy atom. The van der Waals surface area contributed by atoms with Crippen LogP contribution in [-0.4, -0.2) is 98.7 Å². The molecule has 0 aliphatic carbocycles. The number of aliphatic hydroxyl groups excluding tert-OH is 6. The second-order valence-corrected chi connectivity index (χ2v) is 15.1. The number of amides is 1. The molecule has 0 radical (unpaired) electrons. The Hall–Kier alpha value is -1.63. The lowest BCUT2D eigenvalue weighted by Crippen LogP contribution is -2.60. The van der Waals surface area contributed by atoms with E-state index in [1.807, 2.05) is 6.08 Å². The quantitative estimate of drug-likeness (QED) is 0.0274. The maximum atomic E-state index is 13.0. The third-order valence-electron chi connectivity index (χ3n) is 10.2. The first-order valence-electron chi connectivity index (χ1n) is 21.2. The molecule has 1 fully saturated rings. The van der Waals surface area contributed by atoms with Gasteiger partial charge in [0.1, 0.15) is 24.4 Å². The van der Waals surface area contributed by atoms with Crippen molar-refractivity contribution in [1.29, 1.82) is 0 Å². The van der Waals surface area contributed by atoms with E-state index in [4.69, 9.17) is 9.47 Å². The molecule has 310 valence electrons. The lowest BCUT2D eigenvalue weighted by molar-refractivity contribution is -0.302. The average molecular weight is 754 g/mol. The normalized spacial score (nSPS) is 22.8. The summed E-state index contributed by atoms with van der Waals surface area (Å²) >= 11 is 0. The first-order chi connectivity index (χ1) is 25.7. The fourth-order valence-electron chi connectivity index (χ4n) is 6.57. The Morgan fingerprint density at radius 2 is 1.23 bits per heavy atom. The van der Waals surface area contributed by atoms with Crippen molar-refractivity contribution in [2.75, 3.05) is 13.2 Å². The summed E-state index contributed by atoms with van der Waals surface area (Å²) in [6.07, 6.45) is 26.3. The number of unbranched alkanes of at least 4 members (excludes halogenated alkanes) is 19. The maximum Gasteiger partial charge on any atom is 0.253 e. The van der Waals surface area contributed by atoms with Gasteiger partial charge in [0.05, 0.1) is 25.4 Å². The molecule has 1 aliphatic heterocycles. The number of carbonyl (C=O) groups is 1. The Bertz CT molecular complexity index is 971. The topological polar surface area (TPSA) is 169 Å². The van der Waals surface area contributed by atoms with Gasteiger partial charge >= 0.3 is 0 Å². The minimum atomic E-state index is -1.62. The minimum Gasteiger partial charge on any atom is -0.394 e. The van der Waals surface area contributed by atoms with Crippen LogP contribution in [0.15, 0.2) is 36.0 Å². The van der Waals surface area contributed by atoms with Gasteiger partial charge in [0.15, 0.2) is 12.4 Å².